The van der Waals surface area contributed by atoms with Gasteiger partial charge in [0.25, 0.3) is 5.91 Å². The van der Waals surface area contributed by atoms with E-state index in [1.165, 1.54) is 11.5 Å². The van der Waals surface area contributed by atoms with Gasteiger partial charge in [0.2, 0.25) is 0 Å². The van der Waals surface area contributed by atoms with Gasteiger partial charge in [-0.3, -0.25) is 4.79 Å². The number of hydrogen-bond acceptors (Lipinski definition) is 5. The molecule has 2 aromatic rings. The highest BCUT2D eigenvalue weighted by Gasteiger charge is 2.34. The highest BCUT2D eigenvalue weighted by Crippen LogP contribution is 2.31. The summed E-state index contributed by atoms with van der Waals surface area (Å²) < 4.78 is 18.4. The number of aryl methyl sites for hydroxylation is 1. The van der Waals surface area contributed by atoms with Crippen molar-refractivity contribution in [1.82, 2.24) is 14.5 Å². The van der Waals surface area contributed by atoms with Gasteiger partial charge >= 0.3 is 0 Å². The molecule has 0 atom stereocenters. The Hall–Kier alpha value is -2.54. The van der Waals surface area contributed by atoms with Gasteiger partial charge in [0.1, 0.15) is 17.3 Å². The lowest BCUT2D eigenvalue weighted by atomic mass is 9.96. The van der Waals surface area contributed by atoms with Crippen LogP contribution in [0, 0.1) is 12.8 Å². The predicted octanol–water partition coefficient (Wildman–Crippen LogP) is 2.87. The average Bonchev–Trinajstić information content (AvgIpc) is 3.10. The minimum absolute atomic E-state index is 0.00718. The van der Waals surface area contributed by atoms with Crippen LogP contribution in [0.4, 0.5) is 0 Å². The molecular weight excluding hydrogens is 370 g/mol. The topological polar surface area (TPSA) is 65.8 Å². The van der Waals surface area contributed by atoms with Gasteiger partial charge in [0, 0.05) is 62.6 Å². The third-order valence-corrected chi connectivity index (χ3v) is 6.00. The number of methoxy groups -OCH3 is 2. The molecule has 0 unspecified atom stereocenters. The van der Waals surface area contributed by atoms with Gasteiger partial charge in [-0.15, -0.1) is 0 Å². The zero-order valence-corrected chi connectivity index (χ0v) is 17.4. The van der Waals surface area contributed by atoms with Gasteiger partial charge < -0.3 is 23.7 Å². The smallest absolute Gasteiger partial charge is 0.257 e. The van der Waals surface area contributed by atoms with Crippen molar-refractivity contribution < 1.29 is 19.0 Å². The van der Waals surface area contributed by atoms with Gasteiger partial charge in [-0.25, -0.2) is 4.98 Å². The van der Waals surface area contributed by atoms with Crippen molar-refractivity contribution in [1.29, 1.82) is 0 Å². The SMILES string of the molecule is COc1ccc(C(=O)N2CC(Cn3c(C)cnc3C3CCOCC3)C2)c(OC)c1. The fraction of sp³-hybridized carbons (Fsp3) is 0.545. The first-order chi connectivity index (χ1) is 14.1. The Morgan fingerprint density at radius 3 is 2.66 bits per heavy atom. The fourth-order valence-electron chi connectivity index (χ4n) is 4.25. The largest absolute Gasteiger partial charge is 0.497 e. The third kappa shape index (κ3) is 3.96. The van der Waals surface area contributed by atoms with Crippen LogP contribution in [0.25, 0.3) is 0 Å². The third-order valence-electron chi connectivity index (χ3n) is 6.00. The van der Waals surface area contributed by atoms with E-state index in [4.69, 9.17) is 19.2 Å². The van der Waals surface area contributed by atoms with E-state index in [-0.39, 0.29) is 5.91 Å². The molecule has 7 heteroatoms. The van der Waals surface area contributed by atoms with E-state index >= 15 is 0 Å². The minimum atomic E-state index is 0.00718. The van der Waals surface area contributed by atoms with E-state index in [0.717, 1.165) is 45.7 Å². The van der Waals surface area contributed by atoms with Crippen molar-refractivity contribution in [3.05, 3.63) is 41.5 Å². The van der Waals surface area contributed by atoms with Crippen molar-refractivity contribution in [3.8, 4) is 11.5 Å². The number of carbonyl (C=O) groups excluding carboxylic acids is 1. The lowest BCUT2D eigenvalue weighted by Crippen LogP contribution is -2.51. The zero-order valence-electron chi connectivity index (χ0n) is 17.4. The van der Waals surface area contributed by atoms with Gasteiger partial charge in [0.05, 0.1) is 19.8 Å². The second kappa shape index (κ2) is 8.45. The predicted molar refractivity (Wildman–Crippen MR) is 109 cm³/mol. The summed E-state index contributed by atoms with van der Waals surface area (Å²) in [6.45, 7) is 6.14. The number of hydrogen-bond donors (Lipinski definition) is 0. The van der Waals surface area contributed by atoms with Crippen LogP contribution < -0.4 is 9.47 Å². The quantitative estimate of drug-likeness (QED) is 0.747. The Kier molecular flexibility index (Phi) is 5.76. The van der Waals surface area contributed by atoms with Crippen LogP contribution in [0.1, 0.15) is 40.6 Å². The Bertz CT molecular complexity index is 867. The van der Waals surface area contributed by atoms with Crippen molar-refractivity contribution >= 4 is 5.91 Å². The summed E-state index contributed by atoms with van der Waals surface area (Å²) in [4.78, 5) is 19.5. The molecule has 2 aliphatic rings. The number of rotatable bonds is 6. The molecule has 1 amide bonds. The Balaban J connectivity index is 1.40. The summed E-state index contributed by atoms with van der Waals surface area (Å²) in [6.07, 6.45) is 4.03. The molecule has 3 heterocycles. The summed E-state index contributed by atoms with van der Waals surface area (Å²) in [5.41, 5.74) is 1.77. The normalized spacial score (nSPS) is 17.8. The number of imidazole rings is 1. The Labute approximate surface area is 171 Å². The molecule has 0 aliphatic carbocycles. The van der Waals surface area contributed by atoms with E-state index in [0.29, 0.717) is 28.9 Å². The molecule has 0 spiro atoms. The summed E-state index contributed by atoms with van der Waals surface area (Å²) in [5, 5.41) is 0. The molecule has 2 fully saturated rings. The van der Waals surface area contributed by atoms with Crippen molar-refractivity contribution in [2.75, 3.05) is 40.5 Å². The number of amides is 1. The van der Waals surface area contributed by atoms with Gasteiger partial charge in [0.15, 0.2) is 0 Å². The number of aromatic nitrogens is 2. The Morgan fingerprint density at radius 1 is 1.21 bits per heavy atom. The van der Waals surface area contributed by atoms with E-state index in [1.54, 1.807) is 32.4 Å². The van der Waals surface area contributed by atoms with Gasteiger partial charge in [-0.1, -0.05) is 0 Å². The Morgan fingerprint density at radius 2 is 1.97 bits per heavy atom. The molecule has 0 bridgehead atoms. The van der Waals surface area contributed by atoms with E-state index in [9.17, 15) is 4.79 Å². The second-order valence-corrected chi connectivity index (χ2v) is 7.90. The second-order valence-electron chi connectivity index (χ2n) is 7.90. The molecule has 0 radical (unpaired) electrons. The van der Waals surface area contributed by atoms with Crippen LogP contribution >= 0.6 is 0 Å². The van der Waals surface area contributed by atoms with Crippen LogP contribution in [0.3, 0.4) is 0 Å². The monoisotopic (exact) mass is 399 g/mol. The molecule has 0 saturated carbocycles. The fourth-order valence-corrected chi connectivity index (χ4v) is 4.25. The molecule has 0 N–H and O–H groups in total. The zero-order chi connectivity index (χ0) is 20.4. The summed E-state index contributed by atoms with van der Waals surface area (Å²) in [5.74, 6) is 3.31. The molecule has 2 saturated heterocycles. The van der Waals surface area contributed by atoms with Crippen molar-refractivity contribution in [3.63, 3.8) is 0 Å². The molecule has 29 heavy (non-hydrogen) atoms. The molecular formula is C22H29N3O4. The summed E-state index contributed by atoms with van der Waals surface area (Å²) >= 11 is 0. The number of nitrogens with zero attached hydrogens (tertiary/aromatic N) is 3. The number of carbonyl (C=O) groups is 1. The lowest BCUT2D eigenvalue weighted by molar-refractivity contribution is 0.0457. The molecule has 156 valence electrons. The van der Waals surface area contributed by atoms with Crippen LogP contribution in [0.15, 0.2) is 24.4 Å². The first kappa shape index (κ1) is 19.8. The molecule has 4 rings (SSSR count). The molecule has 2 aliphatic heterocycles. The van der Waals surface area contributed by atoms with Crippen LogP contribution in [0.2, 0.25) is 0 Å². The first-order valence-electron chi connectivity index (χ1n) is 10.2. The van der Waals surface area contributed by atoms with Crippen LogP contribution in [-0.2, 0) is 11.3 Å². The van der Waals surface area contributed by atoms with Crippen molar-refractivity contribution in [2.24, 2.45) is 5.92 Å². The number of likely N-dealkylation sites (tertiary alicyclic amines) is 1. The highest BCUT2D eigenvalue weighted by atomic mass is 16.5. The lowest BCUT2D eigenvalue weighted by Gasteiger charge is -2.40. The highest BCUT2D eigenvalue weighted by molar-refractivity contribution is 5.97. The standard InChI is InChI=1S/C22H29N3O4/c1-15-11-23-21(17-6-8-29-9-7-17)25(15)14-16-12-24(13-16)22(26)19-5-4-18(27-2)10-20(19)28-3/h4-5,10-11,16-17H,6-9,12-14H2,1-3H3. The van der Waals surface area contributed by atoms with Crippen molar-refractivity contribution in [2.45, 2.75) is 32.2 Å². The molecule has 7 nitrogen and oxygen atoms in total. The van der Waals surface area contributed by atoms with E-state index < -0.39 is 0 Å². The van der Waals surface area contributed by atoms with E-state index in [2.05, 4.69) is 11.5 Å². The molecule has 1 aromatic heterocycles. The average molecular weight is 399 g/mol. The maximum absolute atomic E-state index is 12.9. The van der Waals surface area contributed by atoms with Gasteiger partial charge in [-0.05, 0) is 31.9 Å². The van der Waals surface area contributed by atoms with Gasteiger partial charge in [-0.2, -0.15) is 0 Å². The number of benzene rings is 1. The summed E-state index contributed by atoms with van der Waals surface area (Å²) in [7, 11) is 3.17. The minimum Gasteiger partial charge on any atom is -0.497 e. The maximum Gasteiger partial charge on any atom is 0.257 e. The number of ether oxygens (including phenoxy) is 3. The van der Waals surface area contributed by atoms with Crippen LogP contribution in [0.5, 0.6) is 11.5 Å². The molecule has 1 aromatic carbocycles. The first-order valence-corrected chi connectivity index (χ1v) is 10.2. The summed E-state index contributed by atoms with van der Waals surface area (Å²) in [6, 6.07) is 5.32. The van der Waals surface area contributed by atoms with E-state index in [1.807, 2.05) is 11.1 Å². The van der Waals surface area contributed by atoms with Crippen LogP contribution in [-0.4, -0.2) is 60.9 Å². The maximum atomic E-state index is 12.9.